The third kappa shape index (κ3) is 3.95. The molecule has 0 saturated carbocycles. The van der Waals surface area contributed by atoms with Crippen molar-refractivity contribution in [2.24, 2.45) is 0 Å². The predicted octanol–water partition coefficient (Wildman–Crippen LogP) is 2.56. The van der Waals surface area contributed by atoms with E-state index < -0.39 is 0 Å². The highest BCUT2D eigenvalue weighted by atomic mass is 16.5. The van der Waals surface area contributed by atoms with Crippen LogP contribution in [0.2, 0.25) is 0 Å². The van der Waals surface area contributed by atoms with Gasteiger partial charge in [0.1, 0.15) is 12.4 Å². The van der Waals surface area contributed by atoms with Crippen LogP contribution in [0.1, 0.15) is 37.3 Å². The van der Waals surface area contributed by atoms with Gasteiger partial charge in [-0.2, -0.15) is 0 Å². The molecule has 1 heterocycles. The van der Waals surface area contributed by atoms with Crippen LogP contribution in [0.25, 0.3) is 0 Å². The number of β-amino-alcohol motifs (C(OH)–C–C–N with tert-alkyl or cyclic N) is 1. The van der Waals surface area contributed by atoms with Gasteiger partial charge in [0.15, 0.2) is 0 Å². The van der Waals surface area contributed by atoms with Gasteiger partial charge in [0, 0.05) is 19.6 Å². The van der Waals surface area contributed by atoms with Crippen molar-refractivity contribution in [3.63, 3.8) is 0 Å². The third-order valence-electron chi connectivity index (χ3n) is 3.79. The maximum atomic E-state index is 9.45. The van der Waals surface area contributed by atoms with Crippen molar-refractivity contribution in [3.05, 3.63) is 29.3 Å². The number of nitrogens with zero attached hydrogens (tertiary/aromatic N) is 1. The van der Waals surface area contributed by atoms with Crippen LogP contribution in [-0.2, 0) is 0 Å². The average molecular weight is 263 g/mol. The first kappa shape index (κ1) is 14.4. The van der Waals surface area contributed by atoms with Crippen LogP contribution in [0, 0.1) is 6.92 Å². The lowest BCUT2D eigenvalue weighted by atomic mass is 9.98. The van der Waals surface area contributed by atoms with Crippen LogP contribution >= 0.6 is 0 Å². The predicted molar refractivity (Wildman–Crippen MR) is 77.8 cm³/mol. The van der Waals surface area contributed by atoms with Crippen LogP contribution in [0.5, 0.6) is 5.75 Å². The standard InChI is InChI=1S/C16H25NO2/c1-12(2)16-5-4-15(10-13(16)3)19-9-8-17-7-6-14(18)11-17/h4-5,10,12,14,18H,6-9,11H2,1-3H3/t14-/m0/s1. The molecule has 1 aromatic carbocycles. The van der Waals surface area contributed by atoms with Gasteiger partial charge in [-0.3, -0.25) is 4.90 Å². The minimum Gasteiger partial charge on any atom is -0.492 e. The van der Waals surface area contributed by atoms with Crippen LogP contribution in [0.3, 0.4) is 0 Å². The van der Waals surface area contributed by atoms with E-state index in [9.17, 15) is 5.11 Å². The zero-order valence-corrected chi connectivity index (χ0v) is 12.2. The van der Waals surface area contributed by atoms with E-state index in [4.69, 9.17) is 4.74 Å². The molecule has 3 heteroatoms. The van der Waals surface area contributed by atoms with Crippen LogP contribution in [0.4, 0.5) is 0 Å². The van der Waals surface area contributed by atoms with Gasteiger partial charge in [-0.25, -0.2) is 0 Å². The molecule has 1 fully saturated rings. The van der Waals surface area contributed by atoms with Crippen molar-refractivity contribution >= 4 is 0 Å². The summed E-state index contributed by atoms with van der Waals surface area (Å²) in [5, 5.41) is 9.45. The first-order valence-corrected chi connectivity index (χ1v) is 7.20. The lowest BCUT2D eigenvalue weighted by Crippen LogP contribution is -2.27. The minimum absolute atomic E-state index is 0.146. The molecule has 1 N–H and O–H groups in total. The largest absolute Gasteiger partial charge is 0.492 e. The van der Waals surface area contributed by atoms with Gasteiger partial charge in [-0.15, -0.1) is 0 Å². The summed E-state index contributed by atoms with van der Waals surface area (Å²) < 4.78 is 5.80. The second kappa shape index (κ2) is 6.40. The summed E-state index contributed by atoms with van der Waals surface area (Å²) in [6.07, 6.45) is 0.745. The topological polar surface area (TPSA) is 32.7 Å². The van der Waals surface area contributed by atoms with Gasteiger partial charge in [0.2, 0.25) is 0 Å². The molecule has 0 spiro atoms. The van der Waals surface area contributed by atoms with E-state index in [1.54, 1.807) is 0 Å². The summed E-state index contributed by atoms with van der Waals surface area (Å²) in [7, 11) is 0. The van der Waals surface area contributed by atoms with Crippen molar-refractivity contribution in [3.8, 4) is 5.75 Å². The number of rotatable bonds is 5. The Labute approximate surface area is 116 Å². The normalized spacial score (nSPS) is 20.2. The molecule has 0 unspecified atom stereocenters. The summed E-state index contributed by atoms with van der Waals surface area (Å²) in [6.45, 7) is 9.90. The number of ether oxygens (including phenoxy) is 1. The SMILES string of the molecule is Cc1cc(OCCN2CC[C@H](O)C2)ccc1C(C)C. The Balaban J connectivity index is 1.81. The molecule has 1 aliphatic heterocycles. The smallest absolute Gasteiger partial charge is 0.119 e. The fourth-order valence-electron chi connectivity index (χ4n) is 2.69. The molecule has 2 rings (SSSR count). The zero-order chi connectivity index (χ0) is 13.8. The van der Waals surface area contributed by atoms with Gasteiger partial charge >= 0.3 is 0 Å². The maximum absolute atomic E-state index is 9.45. The Morgan fingerprint density at radius 2 is 2.21 bits per heavy atom. The van der Waals surface area contributed by atoms with Crippen molar-refractivity contribution in [1.29, 1.82) is 0 Å². The number of likely N-dealkylation sites (tertiary alicyclic amines) is 1. The van der Waals surface area contributed by atoms with Crippen LogP contribution in [-0.4, -0.2) is 42.4 Å². The number of hydrogen-bond acceptors (Lipinski definition) is 3. The van der Waals surface area contributed by atoms with Crippen molar-refractivity contribution < 1.29 is 9.84 Å². The Hall–Kier alpha value is -1.06. The molecule has 0 radical (unpaired) electrons. The highest BCUT2D eigenvalue weighted by Crippen LogP contribution is 2.23. The molecule has 0 bridgehead atoms. The Morgan fingerprint density at radius 3 is 2.79 bits per heavy atom. The molecule has 1 aliphatic rings. The van der Waals surface area contributed by atoms with Crippen molar-refractivity contribution in [1.82, 2.24) is 4.90 Å². The molecule has 1 atom stereocenters. The summed E-state index contributed by atoms with van der Waals surface area (Å²) in [5.41, 5.74) is 2.68. The van der Waals surface area contributed by atoms with Crippen LogP contribution in [0.15, 0.2) is 18.2 Å². The first-order valence-electron chi connectivity index (χ1n) is 7.20. The van der Waals surface area contributed by atoms with E-state index in [2.05, 4.69) is 43.9 Å². The molecular formula is C16H25NO2. The number of hydrogen-bond donors (Lipinski definition) is 1. The lowest BCUT2D eigenvalue weighted by molar-refractivity contribution is 0.167. The maximum Gasteiger partial charge on any atom is 0.119 e. The van der Waals surface area contributed by atoms with Crippen molar-refractivity contribution in [2.75, 3.05) is 26.2 Å². The van der Waals surface area contributed by atoms with E-state index in [1.807, 2.05) is 0 Å². The molecule has 0 aromatic heterocycles. The summed E-state index contributed by atoms with van der Waals surface area (Å²) >= 11 is 0. The van der Waals surface area contributed by atoms with E-state index in [-0.39, 0.29) is 6.10 Å². The Morgan fingerprint density at radius 1 is 1.42 bits per heavy atom. The third-order valence-corrected chi connectivity index (χ3v) is 3.79. The fourth-order valence-corrected chi connectivity index (χ4v) is 2.69. The quantitative estimate of drug-likeness (QED) is 0.886. The van der Waals surface area contributed by atoms with Gasteiger partial charge in [-0.05, 0) is 42.5 Å². The Kier molecular flexibility index (Phi) is 4.83. The Bertz CT molecular complexity index is 417. The monoisotopic (exact) mass is 263 g/mol. The van der Waals surface area contributed by atoms with Gasteiger partial charge in [-0.1, -0.05) is 19.9 Å². The number of aliphatic hydroxyl groups is 1. The fraction of sp³-hybridized carbons (Fsp3) is 0.625. The number of aliphatic hydroxyl groups excluding tert-OH is 1. The second-order valence-corrected chi connectivity index (χ2v) is 5.76. The summed E-state index contributed by atoms with van der Waals surface area (Å²) in [4.78, 5) is 2.25. The summed E-state index contributed by atoms with van der Waals surface area (Å²) in [6, 6.07) is 6.34. The van der Waals surface area contributed by atoms with E-state index >= 15 is 0 Å². The second-order valence-electron chi connectivity index (χ2n) is 5.76. The van der Waals surface area contributed by atoms with E-state index in [1.165, 1.54) is 11.1 Å². The highest BCUT2D eigenvalue weighted by Gasteiger charge is 2.19. The molecule has 19 heavy (non-hydrogen) atoms. The van der Waals surface area contributed by atoms with Gasteiger partial charge in [0.05, 0.1) is 6.10 Å². The van der Waals surface area contributed by atoms with E-state index in [0.29, 0.717) is 12.5 Å². The van der Waals surface area contributed by atoms with Gasteiger partial charge < -0.3 is 9.84 Å². The van der Waals surface area contributed by atoms with Crippen LogP contribution < -0.4 is 4.74 Å². The molecule has 0 aliphatic carbocycles. The number of aryl methyl sites for hydroxylation is 1. The minimum atomic E-state index is -0.146. The molecule has 1 saturated heterocycles. The molecule has 0 amide bonds. The van der Waals surface area contributed by atoms with E-state index in [0.717, 1.165) is 31.8 Å². The molecule has 106 valence electrons. The molecule has 3 nitrogen and oxygen atoms in total. The molecular weight excluding hydrogens is 238 g/mol. The van der Waals surface area contributed by atoms with Gasteiger partial charge in [0.25, 0.3) is 0 Å². The summed E-state index contributed by atoms with van der Waals surface area (Å²) in [5.74, 6) is 1.50. The average Bonchev–Trinajstić information content (AvgIpc) is 2.75. The van der Waals surface area contributed by atoms with Crippen molar-refractivity contribution in [2.45, 2.75) is 39.2 Å². The lowest BCUT2D eigenvalue weighted by Gasteiger charge is -2.16. The highest BCUT2D eigenvalue weighted by molar-refractivity contribution is 5.36. The zero-order valence-electron chi connectivity index (χ0n) is 12.2. The first-order chi connectivity index (χ1) is 9.06. The molecule has 1 aromatic rings. The number of benzene rings is 1.